The Morgan fingerprint density at radius 2 is 2.29 bits per heavy atom. The zero-order valence-electron chi connectivity index (χ0n) is 11.5. The Kier molecular flexibility index (Phi) is 5.16. The van der Waals surface area contributed by atoms with Crippen LogP contribution >= 0.6 is 11.6 Å². The average molecular weight is 312 g/mol. The maximum Gasteiger partial charge on any atom is 0.257 e. The molecule has 0 bridgehead atoms. The van der Waals surface area contributed by atoms with Crippen LogP contribution in [0.15, 0.2) is 30.5 Å². The molecule has 0 saturated carbocycles. The summed E-state index contributed by atoms with van der Waals surface area (Å²) in [6.45, 7) is 0.296. The van der Waals surface area contributed by atoms with Crippen molar-refractivity contribution in [2.45, 2.75) is 6.42 Å². The molecule has 1 N–H and O–H groups in total. The van der Waals surface area contributed by atoms with Crippen LogP contribution in [0, 0.1) is 5.82 Å². The van der Waals surface area contributed by atoms with Gasteiger partial charge in [0, 0.05) is 26.2 Å². The fraction of sp³-hybridized carbons (Fsp3) is 0.286. The topological polar surface area (TPSA) is 56.2 Å². The molecule has 0 atom stereocenters. The number of hydrogen-bond donors (Lipinski definition) is 1. The van der Waals surface area contributed by atoms with Gasteiger partial charge in [0.15, 0.2) is 6.61 Å². The number of ether oxygens (including phenoxy) is 1. The summed E-state index contributed by atoms with van der Waals surface area (Å²) in [5.41, 5.74) is 0.903. The molecule has 0 aliphatic rings. The van der Waals surface area contributed by atoms with Crippen molar-refractivity contribution >= 4 is 17.5 Å². The number of carbonyl (C=O) groups excluding carboxylic acids is 1. The number of hydrogen-bond acceptors (Lipinski definition) is 3. The first-order valence-electron chi connectivity index (χ1n) is 6.37. The van der Waals surface area contributed by atoms with E-state index in [1.165, 1.54) is 12.1 Å². The van der Waals surface area contributed by atoms with Crippen molar-refractivity contribution in [3.63, 3.8) is 0 Å². The van der Waals surface area contributed by atoms with E-state index in [1.807, 2.05) is 19.3 Å². The van der Waals surface area contributed by atoms with Crippen molar-refractivity contribution in [2.75, 3.05) is 13.2 Å². The number of nitrogens with zero attached hydrogens (tertiary/aromatic N) is 2. The predicted octanol–water partition coefficient (Wildman–Crippen LogP) is 1.95. The van der Waals surface area contributed by atoms with Gasteiger partial charge in [-0.3, -0.25) is 9.48 Å². The number of halogens is 2. The Bertz CT molecular complexity index is 630. The molecule has 5 nitrogen and oxygen atoms in total. The van der Waals surface area contributed by atoms with Gasteiger partial charge in [-0.05, 0) is 24.3 Å². The first-order chi connectivity index (χ1) is 10.0. The monoisotopic (exact) mass is 311 g/mol. The molecule has 2 rings (SSSR count). The maximum absolute atomic E-state index is 12.8. The van der Waals surface area contributed by atoms with Crippen LogP contribution in [0.1, 0.15) is 5.69 Å². The molecule has 0 aliphatic heterocycles. The van der Waals surface area contributed by atoms with Crippen LogP contribution in [-0.2, 0) is 18.3 Å². The minimum atomic E-state index is -0.452. The quantitative estimate of drug-likeness (QED) is 0.887. The van der Waals surface area contributed by atoms with Gasteiger partial charge >= 0.3 is 0 Å². The van der Waals surface area contributed by atoms with E-state index in [0.29, 0.717) is 13.0 Å². The van der Waals surface area contributed by atoms with Crippen molar-refractivity contribution < 1.29 is 13.9 Å². The first kappa shape index (κ1) is 15.3. The van der Waals surface area contributed by atoms with Gasteiger partial charge in [0.2, 0.25) is 0 Å². The SMILES string of the molecule is Cn1ccc(CCNC(=O)COc2ccc(F)cc2Cl)n1. The summed E-state index contributed by atoms with van der Waals surface area (Å²) >= 11 is 5.79. The van der Waals surface area contributed by atoms with Gasteiger partial charge in [0.1, 0.15) is 11.6 Å². The number of aryl methyl sites for hydroxylation is 1. The van der Waals surface area contributed by atoms with Gasteiger partial charge in [0.25, 0.3) is 5.91 Å². The van der Waals surface area contributed by atoms with Crippen LogP contribution < -0.4 is 10.1 Å². The standard InChI is InChI=1S/C14H15ClFN3O2/c1-19-7-5-11(18-19)4-6-17-14(20)9-21-13-3-2-10(16)8-12(13)15/h2-3,5,7-8H,4,6,9H2,1H3,(H,17,20). The molecule has 1 heterocycles. The molecule has 7 heteroatoms. The van der Waals surface area contributed by atoms with Gasteiger partial charge < -0.3 is 10.1 Å². The smallest absolute Gasteiger partial charge is 0.257 e. The highest BCUT2D eigenvalue weighted by atomic mass is 35.5. The molecular formula is C14H15ClFN3O2. The second-order valence-electron chi connectivity index (χ2n) is 4.44. The lowest BCUT2D eigenvalue weighted by Crippen LogP contribution is -2.30. The number of carbonyl (C=O) groups is 1. The summed E-state index contributed by atoms with van der Waals surface area (Å²) in [6, 6.07) is 5.63. The molecule has 1 aromatic carbocycles. The van der Waals surface area contributed by atoms with E-state index >= 15 is 0 Å². The van der Waals surface area contributed by atoms with Crippen LogP contribution in [0.2, 0.25) is 5.02 Å². The van der Waals surface area contributed by atoms with Gasteiger partial charge in [-0.2, -0.15) is 5.10 Å². The molecular weight excluding hydrogens is 297 g/mol. The van der Waals surface area contributed by atoms with Crippen LogP contribution in [0.25, 0.3) is 0 Å². The molecule has 1 aromatic heterocycles. The third kappa shape index (κ3) is 4.75. The normalized spacial score (nSPS) is 10.4. The van der Waals surface area contributed by atoms with E-state index in [4.69, 9.17) is 16.3 Å². The minimum absolute atomic E-state index is 0.135. The number of benzene rings is 1. The van der Waals surface area contributed by atoms with E-state index in [9.17, 15) is 9.18 Å². The Morgan fingerprint density at radius 1 is 1.48 bits per heavy atom. The maximum atomic E-state index is 12.8. The van der Waals surface area contributed by atoms with Crippen molar-refractivity contribution in [1.29, 1.82) is 0 Å². The van der Waals surface area contributed by atoms with Crippen molar-refractivity contribution in [1.82, 2.24) is 15.1 Å². The lowest BCUT2D eigenvalue weighted by molar-refractivity contribution is -0.123. The number of nitrogens with one attached hydrogen (secondary N) is 1. The highest BCUT2D eigenvalue weighted by Crippen LogP contribution is 2.24. The summed E-state index contributed by atoms with van der Waals surface area (Å²) in [6.07, 6.45) is 2.49. The van der Waals surface area contributed by atoms with E-state index in [2.05, 4.69) is 10.4 Å². The third-order valence-electron chi connectivity index (χ3n) is 2.72. The van der Waals surface area contributed by atoms with E-state index < -0.39 is 5.82 Å². The molecule has 0 fully saturated rings. The Balaban J connectivity index is 1.72. The lowest BCUT2D eigenvalue weighted by atomic mass is 10.3. The Morgan fingerprint density at radius 3 is 2.95 bits per heavy atom. The summed E-state index contributed by atoms with van der Waals surface area (Å²) in [4.78, 5) is 11.6. The fourth-order valence-corrected chi connectivity index (χ4v) is 1.93. The molecule has 0 aliphatic carbocycles. The highest BCUT2D eigenvalue weighted by Gasteiger charge is 2.07. The third-order valence-corrected chi connectivity index (χ3v) is 3.02. The van der Waals surface area contributed by atoms with Gasteiger partial charge in [-0.15, -0.1) is 0 Å². The second-order valence-corrected chi connectivity index (χ2v) is 4.85. The van der Waals surface area contributed by atoms with Crippen molar-refractivity contribution in [3.8, 4) is 5.75 Å². The van der Waals surface area contributed by atoms with Crippen LogP contribution in [0.3, 0.4) is 0 Å². The van der Waals surface area contributed by atoms with Crippen LogP contribution in [-0.4, -0.2) is 28.8 Å². The fourth-order valence-electron chi connectivity index (χ4n) is 1.71. The second kappa shape index (κ2) is 7.08. The van der Waals surface area contributed by atoms with E-state index in [0.717, 1.165) is 11.8 Å². The summed E-state index contributed by atoms with van der Waals surface area (Å²) in [5, 5.41) is 7.05. The average Bonchev–Trinajstić information content (AvgIpc) is 2.83. The molecule has 21 heavy (non-hydrogen) atoms. The largest absolute Gasteiger partial charge is 0.482 e. The number of amides is 1. The summed E-state index contributed by atoms with van der Waals surface area (Å²) < 4.78 is 19.8. The molecule has 0 saturated heterocycles. The van der Waals surface area contributed by atoms with Crippen LogP contribution in [0.4, 0.5) is 4.39 Å². The van der Waals surface area contributed by atoms with Gasteiger partial charge in [0.05, 0.1) is 10.7 Å². The Hall–Kier alpha value is -2.08. The Labute approximate surface area is 126 Å². The molecule has 0 unspecified atom stereocenters. The van der Waals surface area contributed by atoms with Crippen molar-refractivity contribution in [2.24, 2.45) is 7.05 Å². The molecule has 0 spiro atoms. The zero-order valence-corrected chi connectivity index (χ0v) is 12.2. The molecule has 1 amide bonds. The summed E-state index contributed by atoms with van der Waals surface area (Å²) in [5.74, 6) is -0.448. The highest BCUT2D eigenvalue weighted by molar-refractivity contribution is 6.32. The zero-order chi connectivity index (χ0) is 15.2. The van der Waals surface area contributed by atoms with Crippen LogP contribution in [0.5, 0.6) is 5.75 Å². The van der Waals surface area contributed by atoms with E-state index in [-0.39, 0.29) is 23.3 Å². The summed E-state index contributed by atoms with van der Waals surface area (Å²) in [7, 11) is 1.84. The minimum Gasteiger partial charge on any atom is -0.482 e. The molecule has 2 aromatic rings. The van der Waals surface area contributed by atoms with Gasteiger partial charge in [-0.1, -0.05) is 11.6 Å². The van der Waals surface area contributed by atoms with Gasteiger partial charge in [-0.25, -0.2) is 4.39 Å². The first-order valence-corrected chi connectivity index (χ1v) is 6.75. The lowest BCUT2D eigenvalue weighted by Gasteiger charge is -2.08. The van der Waals surface area contributed by atoms with Crippen molar-refractivity contribution in [3.05, 3.63) is 47.0 Å². The molecule has 112 valence electrons. The number of aromatic nitrogens is 2. The van der Waals surface area contributed by atoms with E-state index in [1.54, 1.807) is 4.68 Å². The predicted molar refractivity (Wildman–Crippen MR) is 76.8 cm³/mol. The molecule has 0 radical (unpaired) electrons. The number of rotatable bonds is 6.